The highest BCUT2D eigenvalue weighted by Gasteiger charge is 2.27. The Hall–Kier alpha value is -3.80. The zero-order valence-electron chi connectivity index (χ0n) is 18.5. The van der Waals surface area contributed by atoms with Crippen molar-refractivity contribution in [3.05, 3.63) is 89.5 Å². The fourth-order valence-corrected chi connectivity index (χ4v) is 3.86. The van der Waals surface area contributed by atoms with Gasteiger partial charge in [-0.25, -0.2) is 9.59 Å². The van der Waals surface area contributed by atoms with E-state index < -0.39 is 0 Å². The SMILES string of the molecule is Cc1ccc(CN2CCCN(c3cccc(NC(=O)Nc4ccccc4)c3)C2=O)cc1C. The number of amides is 4. The van der Waals surface area contributed by atoms with Gasteiger partial charge in [0.2, 0.25) is 0 Å². The molecule has 0 spiro atoms. The van der Waals surface area contributed by atoms with E-state index in [-0.39, 0.29) is 12.1 Å². The molecule has 1 aliphatic rings. The lowest BCUT2D eigenvalue weighted by Gasteiger charge is -2.36. The summed E-state index contributed by atoms with van der Waals surface area (Å²) in [6.07, 6.45) is 0.892. The predicted octanol–water partition coefficient (Wildman–Crippen LogP) is 5.78. The van der Waals surface area contributed by atoms with Gasteiger partial charge in [0.25, 0.3) is 0 Å². The normalized spacial score (nSPS) is 13.8. The third kappa shape index (κ3) is 5.09. The van der Waals surface area contributed by atoms with Crippen molar-refractivity contribution in [2.24, 2.45) is 0 Å². The average Bonchev–Trinajstić information content (AvgIpc) is 2.78. The van der Waals surface area contributed by atoms with E-state index in [4.69, 9.17) is 0 Å². The standard InChI is InChI=1S/C26H28N4O2/c1-19-12-13-21(16-20(19)2)18-29-14-7-15-30(26(29)32)24-11-6-10-23(17-24)28-25(31)27-22-8-4-3-5-9-22/h3-6,8-13,16-17H,7,14-15,18H2,1-2H3,(H2,27,28,31). The van der Waals surface area contributed by atoms with Crippen LogP contribution in [0.5, 0.6) is 0 Å². The fraction of sp³-hybridized carbons (Fsp3) is 0.231. The summed E-state index contributed by atoms with van der Waals surface area (Å²) >= 11 is 0. The number of para-hydroxylation sites is 1. The molecule has 1 fully saturated rings. The van der Waals surface area contributed by atoms with E-state index in [1.54, 1.807) is 4.90 Å². The molecule has 0 saturated carbocycles. The lowest BCUT2D eigenvalue weighted by atomic mass is 10.1. The Balaban J connectivity index is 1.44. The summed E-state index contributed by atoms with van der Waals surface area (Å²) in [4.78, 5) is 29.2. The molecule has 4 amide bonds. The maximum Gasteiger partial charge on any atom is 0.324 e. The number of urea groups is 2. The van der Waals surface area contributed by atoms with Crippen molar-refractivity contribution in [2.75, 3.05) is 28.6 Å². The van der Waals surface area contributed by atoms with Crippen molar-refractivity contribution in [1.29, 1.82) is 0 Å². The lowest BCUT2D eigenvalue weighted by Crippen LogP contribution is -2.49. The van der Waals surface area contributed by atoms with Crippen LogP contribution in [0.1, 0.15) is 23.1 Å². The molecule has 164 valence electrons. The van der Waals surface area contributed by atoms with E-state index in [0.717, 1.165) is 24.2 Å². The Kier molecular flexibility index (Phi) is 6.40. The molecule has 0 bridgehead atoms. The molecule has 0 atom stereocenters. The Bertz CT molecular complexity index is 1110. The monoisotopic (exact) mass is 428 g/mol. The van der Waals surface area contributed by atoms with Gasteiger partial charge in [-0.15, -0.1) is 0 Å². The second kappa shape index (κ2) is 9.56. The second-order valence-electron chi connectivity index (χ2n) is 8.12. The van der Waals surface area contributed by atoms with Gasteiger partial charge < -0.3 is 15.5 Å². The first kappa shape index (κ1) is 21.4. The first-order valence-electron chi connectivity index (χ1n) is 10.9. The van der Waals surface area contributed by atoms with Crippen molar-refractivity contribution < 1.29 is 9.59 Å². The Morgan fingerprint density at radius 2 is 1.59 bits per heavy atom. The summed E-state index contributed by atoms with van der Waals surface area (Å²) in [5.41, 5.74) is 5.75. The van der Waals surface area contributed by atoms with Gasteiger partial charge in [-0.3, -0.25) is 4.90 Å². The van der Waals surface area contributed by atoms with E-state index in [1.165, 1.54) is 11.1 Å². The molecular formula is C26H28N4O2. The highest BCUT2D eigenvalue weighted by atomic mass is 16.2. The molecule has 0 aromatic heterocycles. The minimum absolute atomic E-state index is 0.0136. The maximum absolute atomic E-state index is 13.2. The number of rotatable bonds is 5. The molecule has 0 unspecified atom stereocenters. The molecular weight excluding hydrogens is 400 g/mol. The number of nitrogens with one attached hydrogen (secondary N) is 2. The molecule has 0 aliphatic carbocycles. The van der Waals surface area contributed by atoms with Crippen LogP contribution in [-0.2, 0) is 6.54 Å². The summed E-state index contributed by atoms with van der Waals surface area (Å²) in [5, 5.41) is 5.65. The van der Waals surface area contributed by atoms with Crippen LogP contribution in [-0.4, -0.2) is 30.1 Å². The van der Waals surface area contributed by atoms with Crippen LogP contribution >= 0.6 is 0 Å². The number of hydrogen-bond acceptors (Lipinski definition) is 2. The third-order valence-electron chi connectivity index (χ3n) is 5.70. The molecule has 1 saturated heterocycles. The number of nitrogens with zero attached hydrogens (tertiary/aromatic N) is 2. The third-order valence-corrected chi connectivity index (χ3v) is 5.70. The van der Waals surface area contributed by atoms with Crippen LogP contribution in [0.2, 0.25) is 0 Å². The topological polar surface area (TPSA) is 64.7 Å². The van der Waals surface area contributed by atoms with Crippen LogP contribution in [0.3, 0.4) is 0 Å². The molecule has 0 radical (unpaired) electrons. The van der Waals surface area contributed by atoms with Gasteiger partial charge in [-0.05, 0) is 67.3 Å². The van der Waals surface area contributed by atoms with E-state index in [9.17, 15) is 9.59 Å². The minimum Gasteiger partial charge on any atom is -0.320 e. The molecule has 4 rings (SSSR count). The molecule has 3 aromatic carbocycles. The number of benzene rings is 3. The van der Waals surface area contributed by atoms with Gasteiger partial charge >= 0.3 is 12.1 Å². The van der Waals surface area contributed by atoms with Crippen molar-refractivity contribution in [2.45, 2.75) is 26.8 Å². The fourth-order valence-electron chi connectivity index (χ4n) is 3.86. The average molecular weight is 429 g/mol. The summed E-state index contributed by atoms with van der Waals surface area (Å²) in [7, 11) is 0. The Morgan fingerprint density at radius 3 is 2.38 bits per heavy atom. The summed E-state index contributed by atoms with van der Waals surface area (Å²) in [6, 6.07) is 22.7. The van der Waals surface area contributed by atoms with Crippen LogP contribution in [0.15, 0.2) is 72.8 Å². The molecule has 1 aliphatic heterocycles. The number of hydrogen-bond donors (Lipinski definition) is 2. The van der Waals surface area contributed by atoms with Crippen LogP contribution < -0.4 is 15.5 Å². The van der Waals surface area contributed by atoms with Gasteiger partial charge in [0.1, 0.15) is 0 Å². The molecule has 3 aromatic rings. The maximum atomic E-state index is 13.2. The molecule has 1 heterocycles. The zero-order chi connectivity index (χ0) is 22.5. The van der Waals surface area contributed by atoms with Gasteiger partial charge in [-0.2, -0.15) is 0 Å². The smallest absolute Gasteiger partial charge is 0.320 e. The van der Waals surface area contributed by atoms with Crippen molar-refractivity contribution in [1.82, 2.24) is 4.90 Å². The Labute approximate surface area is 188 Å². The second-order valence-corrected chi connectivity index (χ2v) is 8.12. The first-order chi connectivity index (χ1) is 15.5. The quantitative estimate of drug-likeness (QED) is 0.541. The number of carbonyl (C=O) groups excluding carboxylic acids is 2. The van der Waals surface area contributed by atoms with Crippen molar-refractivity contribution in [3.63, 3.8) is 0 Å². The van der Waals surface area contributed by atoms with Gasteiger partial charge in [0.15, 0.2) is 0 Å². The van der Waals surface area contributed by atoms with Crippen molar-refractivity contribution >= 4 is 29.1 Å². The van der Waals surface area contributed by atoms with Gasteiger partial charge in [0, 0.05) is 36.7 Å². The number of anilines is 3. The summed E-state index contributed by atoms with van der Waals surface area (Å²) < 4.78 is 0. The summed E-state index contributed by atoms with van der Waals surface area (Å²) in [6.45, 7) is 6.17. The molecule has 6 nitrogen and oxygen atoms in total. The predicted molar refractivity (Wildman–Crippen MR) is 129 cm³/mol. The lowest BCUT2D eigenvalue weighted by molar-refractivity contribution is 0.192. The summed E-state index contributed by atoms with van der Waals surface area (Å²) in [5.74, 6) is 0. The largest absolute Gasteiger partial charge is 0.324 e. The molecule has 2 N–H and O–H groups in total. The highest BCUT2D eigenvalue weighted by Crippen LogP contribution is 2.25. The molecule has 32 heavy (non-hydrogen) atoms. The van der Waals surface area contributed by atoms with E-state index in [1.807, 2.05) is 59.5 Å². The zero-order valence-corrected chi connectivity index (χ0v) is 18.5. The van der Waals surface area contributed by atoms with Gasteiger partial charge in [-0.1, -0.05) is 42.5 Å². The van der Waals surface area contributed by atoms with Gasteiger partial charge in [0.05, 0.1) is 0 Å². The van der Waals surface area contributed by atoms with Crippen LogP contribution in [0.4, 0.5) is 26.7 Å². The Morgan fingerprint density at radius 1 is 0.844 bits per heavy atom. The van der Waals surface area contributed by atoms with Crippen molar-refractivity contribution in [3.8, 4) is 0 Å². The highest BCUT2D eigenvalue weighted by molar-refractivity contribution is 6.00. The van der Waals surface area contributed by atoms with Crippen LogP contribution in [0, 0.1) is 13.8 Å². The van der Waals surface area contributed by atoms with E-state index in [0.29, 0.717) is 24.5 Å². The van der Waals surface area contributed by atoms with Crippen LogP contribution in [0.25, 0.3) is 0 Å². The number of carbonyl (C=O) groups is 2. The minimum atomic E-state index is -0.324. The number of aryl methyl sites for hydroxylation is 2. The van der Waals surface area contributed by atoms with E-state index in [2.05, 4.69) is 42.7 Å². The van der Waals surface area contributed by atoms with E-state index >= 15 is 0 Å². The first-order valence-corrected chi connectivity index (χ1v) is 10.9. The molecule has 6 heteroatoms.